The highest BCUT2D eigenvalue weighted by Crippen LogP contribution is 2.19. The second kappa shape index (κ2) is 6.15. The molecule has 5 nitrogen and oxygen atoms in total. The molecule has 1 saturated heterocycles. The van der Waals surface area contributed by atoms with Crippen molar-refractivity contribution in [3.8, 4) is 0 Å². The summed E-state index contributed by atoms with van der Waals surface area (Å²) in [5, 5.41) is 3.33. The number of carbonyl (C=O) groups excluding carboxylic acids is 1. The standard InChI is InChI=1S/C12H19N3O2S/c1-8-10(18-12(13)15-8)11(16)14-6-5-9-4-2-3-7-17-9/h9H,2-7H2,1H3,(H2,13,15)(H,14,16). The molecule has 1 unspecified atom stereocenters. The van der Waals surface area contributed by atoms with E-state index >= 15 is 0 Å². The highest BCUT2D eigenvalue weighted by atomic mass is 32.1. The maximum atomic E-state index is 11.9. The summed E-state index contributed by atoms with van der Waals surface area (Å²) in [5.74, 6) is -0.0856. The van der Waals surface area contributed by atoms with Crippen LogP contribution in [0.4, 0.5) is 5.13 Å². The molecule has 6 heteroatoms. The number of nitrogens with zero attached hydrogens (tertiary/aromatic N) is 1. The van der Waals surface area contributed by atoms with E-state index in [-0.39, 0.29) is 5.91 Å². The molecular formula is C12H19N3O2S. The van der Waals surface area contributed by atoms with Gasteiger partial charge in [0.05, 0.1) is 11.8 Å². The zero-order chi connectivity index (χ0) is 13.0. The monoisotopic (exact) mass is 269 g/mol. The molecule has 0 spiro atoms. The van der Waals surface area contributed by atoms with Crippen molar-refractivity contribution in [2.75, 3.05) is 18.9 Å². The molecular weight excluding hydrogens is 250 g/mol. The molecule has 2 heterocycles. The Balaban J connectivity index is 1.76. The van der Waals surface area contributed by atoms with Gasteiger partial charge in [-0.15, -0.1) is 0 Å². The number of hydrogen-bond donors (Lipinski definition) is 2. The van der Waals surface area contributed by atoms with E-state index < -0.39 is 0 Å². The lowest BCUT2D eigenvalue weighted by Gasteiger charge is -2.22. The Morgan fingerprint density at radius 2 is 2.44 bits per heavy atom. The fourth-order valence-electron chi connectivity index (χ4n) is 2.09. The van der Waals surface area contributed by atoms with Gasteiger partial charge in [-0.1, -0.05) is 11.3 Å². The topological polar surface area (TPSA) is 77.2 Å². The molecule has 1 fully saturated rings. The van der Waals surface area contributed by atoms with E-state index in [0.29, 0.717) is 28.4 Å². The second-order valence-corrected chi connectivity index (χ2v) is 5.53. The molecule has 0 saturated carbocycles. The summed E-state index contributed by atoms with van der Waals surface area (Å²) in [5.41, 5.74) is 6.27. The van der Waals surface area contributed by atoms with Crippen LogP contribution in [0.2, 0.25) is 0 Å². The Kier molecular flexibility index (Phi) is 4.54. The van der Waals surface area contributed by atoms with Crippen molar-refractivity contribution in [1.29, 1.82) is 0 Å². The lowest BCUT2D eigenvalue weighted by atomic mass is 10.1. The van der Waals surface area contributed by atoms with Crippen molar-refractivity contribution in [1.82, 2.24) is 10.3 Å². The van der Waals surface area contributed by atoms with Crippen molar-refractivity contribution in [3.05, 3.63) is 10.6 Å². The third-order valence-corrected chi connectivity index (χ3v) is 4.03. The SMILES string of the molecule is Cc1nc(N)sc1C(=O)NCCC1CCCCO1. The number of anilines is 1. The molecule has 1 aliphatic rings. The number of carbonyl (C=O) groups is 1. The Morgan fingerprint density at radius 3 is 3.06 bits per heavy atom. The number of nitrogens with one attached hydrogen (secondary N) is 1. The normalized spacial score (nSPS) is 19.7. The summed E-state index contributed by atoms with van der Waals surface area (Å²) in [6, 6.07) is 0. The number of rotatable bonds is 4. The van der Waals surface area contributed by atoms with Gasteiger partial charge in [-0.05, 0) is 32.6 Å². The fraction of sp³-hybridized carbons (Fsp3) is 0.667. The lowest BCUT2D eigenvalue weighted by Crippen LogP contribution is -2.29. The Bertz CT molecular complexity index is 413. The van der Waals surface area contributed by atoms with Gasteiger partial charge in [0.2, 0.25) is 0 Å². The van der Waals surface area contributed by atoms with E-state index in [2.05, 4.69) is 10.3 Å². The fourth-order valence-corrected chi connectivity index (χ4v) is 2.84. The van der Waals surface area contributed by atoms with Gasteiger partial charge < -0.3 is 15.8 Å². The van der Waals surface area contributed by atoms with Crippen LogP contribution >= 0.6 is 11.3 Å². The molecule has 18 heavy (non-hydrogen) atoms. The quantitative estimate of drug-likeness (QED) is 0.872. The Hall–Kier alpha value is -1.14. The maximum absolute atomic E-state index is 11.9. The molecule has 1 aliphatic heterocycles. The van der Waals surface area contributed by atoms with E-state index in [1.165, 1.54) is 17.8 Å². The second-order valence-electron chi connectivity index (χ2n) is 4.50. The van der Waals surface area contributed by atoms with Crippen molar-refractivity contribution in [3.63, 3.8) is 0 Å². The number of hydrogen-bond acceptors (Lipinski definition) is 5. The predicted octanol–water partition coefficient (Wildman–Crippen LogP) is 1.72. The minimum Gasteiger partial charge on any atom is -0.378 e. The van der Waals surface area contributed by atoms with Gasteiger partial charge in [0.25, 0.3) is 5.91 Å². The minimum absolute atomic E-state index is 0.0856. The first-order valence-corrected chi connectivity index (χ1v) is 7.11. The summed E-state index contributed by atoms with van der Waals surface area (Å²) in [6.45, 7) is 3.29. The van der Waals surface area contributed by atoms with E-state index in [0.717, 1.165) is 25.9 Å². The number of aryl methyl sites for hydroxylation is 1. The first kappa shape index (κ1) is 13.3. The van der Waals surface area contributed by atoms with Crippen LogP contribution in [-0.2, 0) is 4.74 Å². The minimum atomic E-state index is -0.0856. The third kappa shape index (κ3) is 3.43. The highest BCUT2D eigenvalue weighted by molar-refractivity contribution is 7.17. The number of nitrogen functional groups attached to an aromatic ring is 1. The zero-order valence-corrected chi connectivity index (χ0v) is 11.4. The average molecular weight is 269 g/mol. The molecule has 1 aromatic rings. The summed E-state index contributed by atoms with van der Waals surface area (Å²) in [7, 11) is 0. The van der Waals surface area contributed by atoms with Crippen LogP contribution in [0.5, 0.6) is 0 Å². The smallest absolute Gasteiger partial charge is 0.263 e. The Labute approximate surface area is 111 Å². The van der Waals surface area contributed by atoms with Crippen LogP contribution in [0, 0.1) is 6.92 Å². The molecule has 100 valence electrons. The lowest BCUT2D eigenvalue weighted by molar-refractivity contribution is 0.0117. The van der Waals surface area contributed by atoms with Crippen LogP contribution in [0.25, 0.3) is 0 Å². The highest BCUT2D eigenvalue weighted by Gasteiger charge is 2.16. The maximum Gasteiger partial charge on any atom is 0.263 e. The first-order chi connectivity index (χ1) is 8.66. The molecule has 0 aliphatic carbocycles. The van der Waals surface area contributed by atoms with Crippen molar-refractivity contribution < 1.29 is 9.53 Å². The van der Waals surface area contributed by atoms with Crippen LogP contribution in [0.3, 0.4) is 0 Å². The van der Waals surface area contributed by atoms with E-state index in [9.17, 15) is 4.79 Å². The van der Waals surface area contributed by atoms with Gasteiger partial charge in [-0.2, -0.15) is 0 Å². The van der Waals surface area contributed by atoms with Crippen LogP contribution in [-0.4, -0.2) is 30.1 Å². The molecule has 0 radical (unpaired) electrons. The number of aromatic nitrogens is 1. The van der Waals surface area contributed by atoms with Gasteiger partial charge in [-0.3, -0.25) is 4.79 Å². The number of nitrogens with two attached hydrogens (primary N) is 1. The first-order valence-electron chi connectivity index (χ1n) is 6.29. The largest absolute Gasteiger partial charge is 0.378 e. The molecule has 0 aromatic carbocycles. The van der Waals surface area contributed by atoms with Gasteiger partial charge in [0.1, 0.15) is 4.88 Å². The van der Waals surface area contributed by atoms with Gasteiger partial charge >= 0.3 is 0 Å². The van der Waals surface area contributed by atoms with E-state index in [4.69, 9.17) is 10.5 Å². The average Bonchev–Trinajstić information content (AvgIpc) is 2.70. The van der Waals surface area contributed by atoms with Crippen molar-refractivity contribution >= 4 is 22.4 Å². The molecule has 3 N–H and O–H groups in total. The van der Waals surface area contributed by atoms with E-state index in [1.54, 1.807) is 6.92 Å². The van der Waals surface area contributed by atoms with Crippen molar-refractivity contribution in [2.24, 2.45) is 0 Å². The van der Waals surface area contributed by atoms with E-state index in [1.807, 2.05) is 0 Å². The molecule has 1 amide bonds. The number of thiazole rings is 1. The Morgan fingerprint density at radius 1 is 1.61 bits per heavy atom. The summed E-state index contributed by atoms with van der Waals surface area (Å²) in [6.07, 6.45) is 4.65. The number of amides is 1. The van der Waals surface area contributed by atoms with Crippen molar-refractivity contribution in [2.45, 2.75) is 38.7 Å². The summed E-state index contributed by atoms with van der Waals surface area (Å²) < 4.78 is 5.61. The van der Waals surface area contributed by atoms with Crippen LogP contribution < -0.4 is 11.1 Å². The van der Waals surface area contributed by atoms with Crippen LogP contribution in [0.1, 0.15) is 41.0 Å². The predicted molar refractivity (Wildman–Crippen MR) is 71.8 cm³/mol. The molecule has 1 atom stereocenters. The molecule has 1 aromatic heterocycles. The number of ether oxygens (including phenoxy) is 1. The third-order valence-electron chi connectivity index (χ3n) is 3.05. The summed E-state index contributed by atoms with van der Waals surface area (Å²) in [4.78, 5) is 16.5. The molecule has 0 bridgehead atoms. The van der Waals surface area contributed by atoms with Gasteiger partial charge in [0.15, 0.2) is 5.13 Å². The molecule has 2 rings (SSSR count). The van der Waals surface area contributed by atoms with Gasteiger partial charge in [0, 0.05) is 13.2 Å². The summed E-state index contributed by atoms with van der Waals surface area (Å²) >= 11 is 1.23. The van der Waals surface area contributed by atoms with Gasteiger partial charge in [-0.25, -0.2) is 4.98 Å². The zero-order valence-electron chi connectivity index (χ0n) is 10.6. The van der Waals surface area contributed by atoms with Crippen LogP contribution in [0.15, 0.2) is 0 Å².